The first-order valence-corrected chi connectivity index (χ1v) is 5.65. The van der Waals surface area contributed by atoms with Gasteiger partial charge in [0.05, 0.1) is 9.77 Å². The Labute approximate surface area is 106 Å². The van der Waals surface area contributed by atoms with Gasteiger partial charge >= 0.3 is 0 Å². The van der Waals surface area contributed by atoms with E-state index in [2.05, 4.69) is 38.0 Å². The Morgan fingerprint density at radius 1 is 1.44 bits per heavy atom. The minimum atomic E-state index is -0.171. The number of carbonyl (C=O) groups excluding carboxylic acids is 1. The summed E-state index contributed by atoms with van der Waals surface area (Å²) in [6.07, 6.45) is 4.91. The average molecular weight is 328 g/mol. The molecule has 0 aliphatic rings. The van der Waals surface area contributed by atoms with E-state index in [9.17, 15) is 4.79 Å². The molecular weight excluding hydrogens is 319 g/mol. The summed E-state index contributed by atoms with van der Waals surface area (Å²) in [6.45, 7) is 0. The van der Waals surface area contributed by atoms with E-state index in [1.807, 2.05) is 0 Å². The molecule has 2 aromatic rings. The van der Waals surface area contributed by atoms with Crippen LogP contribution in [-0.4, -0.2) is 20.7 Å². The van der Waals surface area contributed by atoms with Gasteiger partial charge in [-0.3, -0.25) is 14.5 Å². The van der Waals surface area contributed by atoms with Gasteiger partial charge in [0.2, 0.25) is 0 Å². The predicted molar refractivity (Wildman–Crippen MR) is 68.1 cm³/mol. The van der Waals surface area contributed by atoms with E-state index in [1.165, 1.54) is 0 Å². The molecular formula is C10H9IN4O. The molecule has 0 saturated carbocycles. The molecule has 5 nitrogen and oxygen atoms in total. The molecule has 0 radical (unpaired) electrons. The van der Waals surface area contributed by atoms with E-state index in [4.69, 9.17) is 0 Å². The van der Waals surface area contributed by atoms with Crippen LogP contribution in [0.5, 0.6) is 0 Å². The lowest BCUT2D eigenvalue weighted by Gasteiger charge is -2.05. The number of hydrogen-bond donors (Lipinski definition) is 1. The molecule has 0 unspecified atom stereocenters. The Balaban J connectivity index is 2.22. The number of halogens is 1. The van der Waals surface area contributed by atoms with Crippen LogP contribution in [0.3, 0.4) is 0 Å². The number of anilines is 1. The van der Waals surface area contributed by atoms with Crippen molar-refractivity contribution in [2.24, 2.45) is 7.05 Å². The Morgan fingerprint density at radius 2 is 2.12 bits per heavy atom. The van der Waals surface area contributed by atoms with Crippen molar-refractivity contribution >= 4 is 34.2 Å². The molecule has 1 amide bonds. The van der Waals surface area contributed by atoms with E-state index >= 15 is 0 Å². The molecule has 0 atom stereocenters. The van der Waals surface area contributed by atoms with Gasteiger partial charge in [-0.1, -0.05) is 0 Å². The largest absolute Gasteiger partial charge is 0.321 e. The standard InChI is InChI=1S/C10H9IN4O/c1-15-9(8(11)6-13-15)10(16)14-7-2-4-12-5-3-7/h2-6H,1H3,(H,12,14,16). The molecule has 0 bridgehead atoms. The fourth-order valence-electron chi connectivity index (χ4n) is 1.29. The predicted octanol–water partition coefficient (Wildman–Crippen LogP) is 1.67. The highest BCUT2D eigenvalue weighted by Crippen LogP contribution is 2.13. The quantitative estimate of drug-likeness (QED) is 0.853. The SMILES string of the molecule is Cn1ncc(I)c1C(=O)Nc1ccncc1. The zero-order chi connectivity index (χ0) is 11.5. The Kier molecular flexibility index (Phi) is 3.18. The molecule has 0 spiro atoms. The second-order valence-electron chi connectivity index (χ2n) is 3.15. The van der Waals surface area contributed by atoms with E-state index < -0.39 is 0 Å². The highest BCUT2D eigenvalue weighted by molar-refractivity contribution is 14.1. The summed E-state index contributed by atoms with van der Waals surface area (Å²) in [4.78, 5) is 15.8. The third-order valence-corrected chi connectivity index (χ3v) is 2.84. The van der Waals surface area contributed by atoms with Crippen LogP contribution in [0, 0.1) is 3.57 Å². The van der Waals surface area contributed by atoms with Crippen LogP contribution in [0.25, 0.3) is 0 Å². The van der Waals surface area contributed by atoms with Gasteiger partial charge in [0.1, 0.15) is 5.69 Å². The number of aromatic nitrogens is 3. The van der Waals surface area contributed by atoms with Crippen molar-refractivity contribution in [1.82, 2.24) is 14.8 Å². The Hall–Kier alpha value is -1.44. The molecule has 1 N–H and O–H groups in total. The molecule has 0 saturated heterocycles. The second kappa shape index (κ2) is 4.60. The zero-order valence-corrected chi connectivity index (χ0v) is 10.7. The number of amides is 1. The maximum Gasteiger partial charge on any atom is 0.275 e. The number of carbonyl (C=O) groups is 1. The summed E-state index contributed by atoms with van der Waals surface area (Å²) in [5, 5.41) is 6.80. The van der Waals surface area contributed by atoms with Gasteiger partial charge < -0.3 is 5.32 Å². The van der Waals surface area contributed by atoms with Gasteiger partial charge in [-0.05, 0) is 34.7 Å². The molecule has 0 aromatic carbocycles. The summed E-state index contributed by atoms with van der Waals surface area (Å²) >= 11 is 2.08. The van der Waals surface area contributed by atoms with Gasteiger partial charge in [-0.25, -0.2) is 0 Å². The smallest absolute Gasteiger partial charge is 0.275 e. The Bertz CT molecular complexity index is 489. The number of pyridine rings is 1. The monoisotopic (exact) mass is 328 g/mol. The molecule has 0 aliphatic heterocycles. The van der Waals surface area contributed by atoms with Crippen LogP contribution in [0.15, 0.2) is 30.7 Å². The number of nitrogens with zero attached hydrogens (tertiary/aromatic N) is 3. The summed E-state index contributed by atoms with van der Waals surface area (Å²) in [6, 6.07) is 3.47. The van der Waals surface area contributed by atoms with Gasteiger partial charge in [-0.15, -0.1) is 0 Å². The van der Waals surface area contributed by atoms with Crippen LogP contribution in [0.2, 0.25) is 0 Å². The van der Waals surface area contributed by atoms with Gasteiger partial charge in [0.25, 0.3) is 5.91 Å². The highest BCUT2D eigenvalue weighted by atomic mass is 127. The third kappa shape index (κ3) is 2.21. The molecule has 0 fully saturated rings. The van der Waals surface area contributed by atoms with Crippen molar-refractivity contribution in [3.63, 3.8) is 0 Å². The maximum absolute atomic E-state index is 11.9. The number of nitrogens with one attached hydrogen (secondary N) is 1. The van der Waals surface area contributed by atoms with Gasteiger partial charge in [0, 0.05) is 25.1 Å². The minimum Gasteiger partial charge on any atom is -0.321 e. The maximum atomic E-state index is 11.9. The second-order valence-corrected chi connectivity index (χ2v) is 4.32. The number of aryl methyl sites for hydroxylation is 1. The minimum absolute atomic E-state index is 0.171. The van der Waals surface area contributed by atoms with Crippen molar-refractivity contribution < 1.29 is 4.79 Å². The lowest BCUT2D eigenvalue weighted by atomic mass is 10.3. The van der Waals surface area contributed by atoms with Crippen molar-refractivity contribution in [3.8, 4) is 0 Å². The van der Waals surface area contributed by atoms with Crippen LogP contribution in [0.1, 0.15) is 10.5 Å². The zero-order valence-electron chi connectivity index (χ0n) is 8.51. The molecule has 2 heterocycles. The van der Waals surface area contributed by atoms with E-state index in [-0.39, 0.29) is 5.91 Å². The number of hydrogen-bond acceptors (Lipinski definition) is 3. The van der Waals surface area contributed by atoms with Crippen molar-refractivity contribution in [2.45, 2.75) is 0 Å². The van der Waals surface area contributed by atoms with Crippen LogP contribution in [0.4, 0.5) is 5.69 Å². The lowest BCUT2D eigenvalue weighted by Crippen LogP contribution is -2.17. The first-order chi connectivity index (χ1) is 7.68. The van der Waals surface area contributed by atoms with E-state index in [0.29, 0.717) is 5.69 Å². The van der Waals surface area contributed by atoms with Crippen LogP contribution in [-0.2, 0) is 7.05 Å². The van der Waals surface area contributed by atoms with E-state index in [1.54, 1.807) is 42.5 Å². The molecule has 16 heavy (non-hydrogen) atoms. The Morgan fingerprint density at radius 3 is 2.69 bits per heavy atom. The summed E-state index contributed by atoms with van der Waals surface area (Å²) in [5.74, 6) is -0.171. The normalized spacial score (nSPS) is 10.1. The fraction of sp³-hybridized carbons (Fsp3) is 0.100. The lowest BCUT2D eigenvalue weighted by molar-refractivity contribution is 0.101. The summed E-state index contributed by atoms with van der Waals surface area (Å²) < 4.78 is 2.38. The first kappa shape index (κ1) is 11.1. The van der Waals surface area contributed by atoms with Crippen molar-refractivity contribution in [3.05, 3.63) is 40.0 Å². The van der Waals surface area contributed by atoms with Crippen molar-refractivity contribution in [1.29, 1.82) is 0 Å². The molecule has 82 valence electrons. The molecule has 2 aromatic heterocycles. The van der Waals surface area contributed by atoms with Crippen LogP contribution < -0.4 is 5.32 Å². The summed E-state index contributed by atoms with van der Waals surface area (Å²) in [5.41, 5.74) is 1.27. The fourth-order valence-corrected chi connectivity index (χ4v) is 2.01. The average Bonchev–Trinajstić information content (AvgIpc) is 2.60. The topological polar surface area (TPSA) is 59.8 Å². The van der Waals surface area contributed by atoms with Gasteiger partial charge in [-0.2, -0.15) is 5.10 Å². The first-order valence-electron chi connectivity index (χ1n) is 4.57. The van der Waals surface area contributed by atoms with E-state index in [0.717, 1.165) is 9.26 Å². The van der Waals surface area contributed by atoms with Crippen molar-refractivity contribution in [2.75, 3.05) is 5.32 Å². The van der Waals surface area contributed by atoms with Gasteiger partial charge in [0.15, 0.2) is 0 Å². The summed E-state index contributed by atoms with van der Waals surface area (Å²) in [7, 11) is 1.74. The highest BCUT2D eigenvalue weighted by Gasteiger charge is 2.14. The van der Waals surface area contributed by atoms with Crippen LogP contribution >= 0.6 is 22.6 Å². The molecule has 6 heteroatoms. The molecule has 2 rings (SSSR count). The number of rotatable bonds is 2. The molecule has 0 aliphatic carbocycles. The third-order valence-electron chi connectivity index (χ3n) is 2.05.